The Bertz CT molecular complexity index is 254. The summed E-state index contributed by atoms with van der Waals surface area (Å²) in [5.74, 6) is 0.171. The van der Waals surface area contributed by atoms with Crippen LogP contribution in [0, 0.1) is 0 Å². The molecular weight excluding hydrogens is 232 g/mol. The lowest BCUT2D eigenvalue weighted by atomic mass is 10.6. The molecule has 0 radical (unpaired) electrons. The van der Waals surface area contributed by atoms with Crippen LogP contribution in [0.5, 0.6) is 0 Å². The van der Waals surface area contributed by atoms with Crippen molar-refractivity contribution in [3.05, 3.63) is 0 Å². The molecule has 100 valence electrons. The minimum absolute atomic E-state index is 0.0857. The summed E-state index contributed by atoms with van der Waals surface area (Å²) in [6, 6.07) is 1.79. The van der Waals surface area contributed by atoms with Gasteiger partial charge in [-0.25, -0.2) is 0 Å². The van der Waals surface area contributed by atoms with Gasteiger partial charge in [0, 0.05) is 26.9 Å². The standard InChI is InChI=1S/C12H26N2O2Si/c1-7-13(11(5)15)17(9-3,10-4)14(8-2)12(6)16/h7-10H2,1-6H3. The predicted octanol–water partition coefficient (Wildman–Crippen LogP) is 2.21. The molecule has 0 aromatic heterocycles. The predicted molar refractivity (Wildman–Crippen MR) is 72.8 cm³/mol. The van der Waals surface area contributed by atoms with Crippen LogP contribution in [-0.4, -0.2) is 42.4 Å². The van der Waals surface area contributed by atoms with E-state index in [1.54, 1.807) is 13.8 Å². The van der Waals surface area contributed by atoms with Crippen LogP contribution in [0.15, 0.2) is 0 Å². The summed E-state index contributed by atoms with van der Waals surface area (Å²) in [7, 11) is -2.16. The molecule has 0 N–H and O–H groups in total. The van der Waals surface area contributed by atoms with E-state index in [9.17, 15) is 9.59 Å². The third-order valence-electron chi connectivity index (χ3n) is 3.53. The van der Waals surface area contributed by atoms with Gasteiger partial charge in [0.2, 0.25) is 11.8 Å². The lowest BCUT2D eigenvalue weighted by Gasteiger charge is -2.47. The number of hydrogen-bond acceptors (Lipinski definition) is 2. The summed E-state index contributed by atoms with van der Waals surface area (Å²) in [6.07, 6.45) is 0. The van der Waals surface area contributed by atoms with E-state index in [-0.39, 0.29) is 11.8 Å². The Morgan fingerprint density at radius 2 is 1.12 bits per heavy atom. The van der Waals surface area contributed by atoms with Crippen LogP contribution in [0.4, 0.5) is 0 Å². The van der Waals surface area contributed by atoms with Gasteiger partial charge in [0.25, 0.3) is 8.40 Å². The highest BCUT2D eigenvalue weighted by atomic mass is 28.3. The average Bonchev–Trinajstić information content (AvgIpc) is 2.27. The maximum Gasteiger partial charge on any atom is 0.268 e. The maximum atomic E-state index is 11.8. The van der Waals surface area contributed by atoms with Crippen LogP contribution >= 0.6 is 0 Å². The minimum atomic E-state index is -2.16. The first-order valence-corrected chi connectivity index (χ1v) is 8.78. The minimum Gasteiger partial charge on any atom is -0.352 e. The van der Waals surface area contributed by atoms with Gasteiger partial charge in [-0.05, 0) is 25.9 Å². The van der Waals surface area contributed by atoms with Crippen LogP contribution < -0.4 is 0 Å². The Labute approximate surface area is 106 Å². The topological polar surface area (TPSA) is 40.6 Å². The highest BCUT2D eigenvalue weighted by Crippen LogP contribution is 2.25. The van der Waals surface area contributed by atoms with Crippen LogP contribution in [0.25, 0.3) is 0 Å². The van der Waals surface area contributed by atoms with Gasteiger partial charge in [-0.15, -0.1) is 0 Å². The highest BCUT2D eigenvalue weighted by molar-refractivity contribution is 6.78. The largest absolute Gasteiger partial charge is 0.352 e. The quantitative estimate of drug-likeness (QED) is 0.685. The molecule has 17 heavy (non-hydrogen) atoms. The monoisotopic (exact) mass is 258 g/mol. The molecule has 0 saturated carbocycles. The molecule has 5 heteroatoms. The van der Waals surface area contributed by atoms with Crippen molar-refractivity contribution in [3.63, 3.8) is 0 Å². The van der Waals surface area contributed by atoms with Gasteiger partial charge in [0.05, 0.1) is 0 Å². The molecule has 0 unspecified atom stereocenters. The summed E-state index contributed by atoms with van der Waals surface area (Å²) < 4.78 is 3.88. The van der Waals surface area contributed by atoms with Crippen molar-refractivity contribution in [2.24, 2.45) is 0 Å². The number of carbonyl (C=O) groups excluding carboxylic acids is 2. The number of rotatable bonds is 6. The fourth-order valence-electron chi connectivity index (χ4n) is 2.78. The fourth-order valence-corrected chi connectivity index (χ4v) is 7.45. The molecular formula is C12H26N2O2Si. The molecule has 0 rings (SSSR count). The van der Waals surface area contributed by atoms with Gasteiger partial charge in [-0.1, -0.05) is 13.8 Å². The van der Waals surface area contributed by atoms with Gasteiger partial charge >= 0.3 is 0 Å². The van der Waals surface area contributed by atoms with Crippen molar-refractivity contribution >= 4 is 20.2 Å². The first-order chi connectivity index (χ1) is 7.91. The van der Waals surface area contributed by atoms with Crippen molar-refractivity contribution in [1.29, 1.82) is 0 Å². The van der Waals surface area contributed by atoms with E-state index in [2.05, 4.69) is 13.8 Å². The number of hydrogen-bond donors (Lipinski definition) is 0. The molecule has 0 atom stereocenters. The maximum absolute atomic E-state index is 11.8. The molecule has 0 aliphatic rings. The van der Waals surface area contributed by atoms with Gasteiger partial charge in [0.15, 0.2) is 0 Å². The van der Waals surface area contributed by atoms with Gasteiger partial charge in [-0.3, -0.25) is 9.59 Å². The second-order valence-electron chi connectivity index (χ2n) is 4.22. The van der Waals surface area contributed by atoms with Gasteiger partial charge in [-0.2, -0.15) is 0 Å². The molecule has 0 heterocycles. The molecule has 0 spiro atoms. The average molecular weight is 258 g/mol. The molecule has 0 aromatic carbocycles. The molecule has 2 amide bonds. The normalized spacial score (nSPS) is 11.2. The smallest absolute Gasteiger partial charge is 0.268 e. The Balaban J connectivity index is 5.53. The highest BCUT2D eigenvalue weighted by Gasteiger charge is 2.44. The van der Waals surface area contributed by atoms with Crippen LogP contribution in [0.2, 0.25) is 12.1 Å². The van der Waals surface area contributed by atoms with E-state index in [1.807, 2.05) is 23.0 Å². The van der Waals surface area contributed by atoms with E-state index in [1.165, 1.54) is 0 Å². The number of nitrogens with zero attached hydrogens (tertiary/aromatic N) is 2. The SMILES string of the molecule is CCN(C(C)=O)[Si](CC)(CC)N(CC)C(C)=O. The van der Waals surface area contributed by atoms with E-state index in [0.717, 1.165) is 12.1 Å². The van der Waals surface area contributed by atoms with Crippen molar-refractivity contribution in [1.82, 2.24) is 9.13 Å². The Kier molecular flexibility index (Phi) is 6.45. The van der Waals surface area contributed by atoms with E-state index in [0.29, 0.717) is 13.1 Å². The Morgan fingerprint density at radius 3 is 1.24 bits per heavy atom. The second-order valence-corrected chi connectivity index (χ2v) is 8.67. The summed E-state index contributed by atoms with van der Waals surface area (Å²) in [5.41, 5.74) is 0. The molecule has 4 nitrogen and oxygen atoms in total. The zero-order valence-corrected chi connectivity index (χ0v) is 13.0. The fraction of sp³-hybridized carbons (Fsp3) is 0.833. The zero-order valence-electron chi connectivity index (χ0n) is 12.0. The van der Waals surface area contributed by atoms with Crippen molar-refractivity contribution in [2.75, 3.05) is 13.1 Å². The zero-order chi connectivity index (χ0) is 13.6. The molecule has 0 fully saturated rings. The van der Waals surface area contributed by atoms with Crippen LogP contribution in [-0.2, 0) is 9.59 Å². The van der Waals surface area contributed by atoms with E-state index >= 15 is 0 Å². The Morgan fingerprint density at radius 1 is 0.824 bits per heavy atom. The van der Waals surface area contributed by atoms with Crippen LogP contribution in [0.1, 0.15) is 41.5 Å². The summed E-state index contributed by atoms with van der Waals surface area (Å²) in [5, 5.41) is 0. The second kappa shape index (κ2) is 6.79. The molecule has 0 aliphatic heterocycles. The van der Waals surface area contributed by atoms with Gasteiger partial charge in [0.1, 0.15) is 0 Å². The molecule has 0 saturated heterocycles. The number of amides is 2. The summed E-state index contributed by atoms with van der Waals surface area (Å²) in [4.78, 5) is 23.6. The summed E-state index contributed by atoms with van der Waals surface area (Å²) in [6.45, 7) is 12.7. The van der Waals surface area contributed by atoms with Crippen molar-refractivity contribution in [3.8, 4) is 0 Å². The molecule has 0 aliphatic carbocycles. The molecule has 0 aromatic rings. The first kappa shape index (κ1) is 16.2. The van der Waals surface area contributed by atoms with Crippen LogP contribution in [0.3, 0.4) is 0 Å². The first-order valence-electron chi connectivity index (χ1n) is 6.47. The van der Waals surface area contributed by atoms with Crippen molar-refractivity contribution in [2.45, 2.75) is 53.6 Å². The molecule has 0 bridgehead atoms. The Hall–Kier alpha value is -0.843. The summed E-state index contributed by atoms with van der Waals surface area (Å²) >= 11 is 0. The lowest BCUT2D eigenvalue weighted by Crippen LogP contribution is -2.67. The van der Waals surface area contributed by atoms with Crippen molar-refractivity contribution < 1.29 is 9.59 Å². The van der Waals surface area contributed by atoms with E-state index < -0.39 is 8.40 Å². The third-order valence-corrected chi connectivity index (χ3v) is 9.07. The third kappa shape index (κ3) is 3.09. The lowest BCUT2D eigenvalue weighted by molar-refractivity contribution is -0.127. The van der Waals surface area contributed by atoms with Gasteiger partial charge < -0.3 is 9.13 Å². The number of carbonyl (C=O) groups is 2. The van der Waals surface area contributed by atoms with E-state index in [4.69, 9.17) is 0 Å².